The number of rotatable bonds is 5. The van der Waals surface area contributed by atoms with E-state index in [1.165, 1.54) is 0 Å². The van der Waals surface area contributed by atoms with Gasteiger partial charge in [-0.15, -0.1) is 0 Å². The van der Waals surface area contributed by atoms with Crippen molar-refractivity contribution < 1.29 is 0 Å². The summed E-state index contributed by atoms with van der Waals surface area (Å²) < 4.78 is 1.02. The van der Waals surface area contributed by atoms with Crippen LogP contribution in [0.1, 0.15) is 39.3 Å². The van der Waals surface area contributed by atoms with Gasteiger partial charge in [0.05, 0.1) is 0 Å². The van der Waals surface area contributed by atoms with Crippen LogP contribution in [0.25, 0.3) is 0 Å². The van der Waals surface area contributed by atoms with Crippen molar-refractivity contribution in [2.75, 3.05) is 6.54 Å². The molecule has 1 aromatic rings. The van der Waals surface area contributed by atoms with Gasteiger partial charge < -0.3 is 5.32 Å². The summed E-state index contributed by atoms with van der Waals surface area (Å²) in [6.45, 7) is 9.95. The van der Waals surface area contributed by atoms with E-state index in [-0.39, 0.29) is 6.04 Å². The van der Waals surface area contributed by atoms with Crippen LogP contribution in [-0.4, -0.2) is 6.54 Å². The summed E-state index contributed by atoms with van der Waals surface area (Å²) in [5, 5.41) is 4.36. The van der Waals surface area contributed by atoms with Gasteiger partial charge in [0.1, 0.15) is 0 Å². The first-order chi connectivity index (χ1) is 7.91. The molecule has 0 radical (unpaired) electrons. The minimum Gasteiger partial charge on any atom is -0.310 e. The Morgan fingerprint density at radius 3 is 2.41 bits per heavy atom. The molecule has 0 saturated heterocycles. The Bertz CT molecular complexity index is 365. The van der Waals surface area contributed by atoms with E-state index in [4.69, 9.17) is 11.6 Å². The van der Waals surface area contributed by atoms with Crippen molar-refractivity contribution in [2.45, 2.75) is 33.7 Å². The third-order valence-electron chi connectivity index (χ3n) is 3.31. The third kappa shape index (κ3) is 4.61. The maximum absolute atomic E-state index is 6.23. The molecule has 1 nitrogen and oxygen atoms in total. The summed E-state index contributed by atoms with van der Waals surface area (Å²) in [4.78, 5) is 0. The normalized spacial score (nSPS) is 15.0. The predicted molar refractivity (Wildman–Crippen MR) is 79.6 cm³/mol. The number of nitrogens with one attached hydrogen (secondary N) is 1. The number of hydrogen-bond donors (Lipinski definition) is 1. The van der Waals surface area contributed by atoms with Crippen molar-refractivity contribution in [3.8, 4) is 0 Å². The molecule has 0 amide bonds. The van der Waals surface area contributed by atoms with Crippen molar-refractivity contribution in [1.82, 2.24) is 5.32 Å². The third-order valence-corrected chi connectivity index (χ3v) is 4.13. The number of benzene rings is 1. The predicted octanol–water partition coefficient (Wildman–Crippen LogP) is 5.05. The first-order valence-corrected chi connectivity index (χ1v) is 7.27. The van der Waals surface area contributed by atoms with Crippen molar-refractivity contribution in [1.29, 1.82) is 0 Å². The second-order valence-electron chi connectivity index (χ2n) is 5.02. The highest BCUT2D eigenvalue weighted by molar-refractivity contribution is 9.10. The van der Waals surface area contributed by atoms with E-state index >= 15 is 0 Å². The van der Waals surface area contributed by atoms with Gasteiger partial charge in [0.25, 0.3) is 0 Å². The molecule has 0 saturated carbocycles. The molecule has 2 atom stereocenters. The Labute approximate surface area is 118 Å². The van der Waals surface area contributed by atoms with Gasteiger partial charge in [0.2, 0.25) is 0 Å². The fraction of sp³-hybridized carbons (Fsp3) is 0.571. The lowest BCUT2D eigenvalue weighted by Crippen LogP contribution is -2.27. The van der Waals surface area contributed by atoms with Gasteiger partial charge in [-0.2, -0.15) is 0 Å². The zero-order chi connectivity index (χ0) is 13.0. The van der Waals surface area contributed by atoms with Crippen LogP contribution < -0.4 is 5.32 Å². The monoisotopic (exact) mass is 317 g/mol. The topological polar surface area (TPSA) is 12.0 Å². The summed E-state index contributed by atoms with van der Waals surface area (Å²) >= 11 is 9.65. The fourth-order valence-corrected chi connectivity index (χ4v) is 2.40. The van der Waals surface area contributed by atoms with Crippen LogP contribution in [0, 0.1) is 11.8 Å². The first kappa shape index (κ1) is 15.0. The highest BCUT2D eigenvalue weighted by atomic mass is 79.9. The fourth-order valence-electron chi connectivity index (χ4n) is 1.56. The average molecular weight is 319 g/mol. The van der Waals surface area contributed by atoms with Crippen LogP contribution in [0.15, 0.2) is 22.7 Å². The standard InChI is InChI=1S/C14H21BrClN/c1-9(2)10(3)8-17-11(4)13-6-5-12(15)7-14(13)16/h5-7,9-11,17H,8H2,1-4H3. The van der Waals surface area contributed by atoms with E-state index in [2.05, 4.69) is 55.0 Å². The van der Waals surface area contributed by atoms with Crippen molar-refractivity contribution in [3.05, 3.63) is 33.3 Å². The molecule has 2 unspecified atom stereocenters. The molecule has 0 fully saturated rings. The Kier molecular flexibility index (Phi) is 5.98. The lowest BCUT2D eigenvalue weighted by molar-refractivity contribution is 0.375. The summed E-state index contributed by atoms with van der Waals surface area (Å²) in [7, 11) is 0. The summed E-state index contributed by atoms with van der Waals surface area (Å²) in [5.41, 5.74) is 1.16. The van der Waals surface area contributed by atoms with Gasteiger partial charge in [-0.25, -0.2) is 0 Å². The lowest BCUT2D eigenvalue weighted by Gasteiger charge is -2.21. The lowest BCUT2D eigenvalue weighted by atomic mass is 9.97. The van der Waals surface area contributed by atoms with Gasteiger partial charge >= 0.3 is 0 Å². The quantitative estimate of drug-likeness (QED) is 0.801. The van der Waals surface area contributed by atoms with Crippen LogP contribution >= 0.6 is 27.5 Å². The van der Waals surface area contributed by atoms with Gasteiger partial charge in [-0.05, 0) is 43.0 Å². The molecule has 0 spiro atoms. The Balaban J connectivity index is 2.61. The van der Waals surface area contributed by atoms with Crippen LogP contribution in [0.2, 0.25) is 5.02 Å². The molecule has 1 aromatic carbocycles. The molecule has 0 bridgehead atoms. The Hall–Kier alpha value is -0.0500. The Morgan fingerprint density at radius 1 is 1.24 bits per heavy atom. The summed E-state index contributed by atoms with van der Waals surface area (Å²) in [6, 6.07) is 6.34. The first-order valence-electron chi connectivity index (χ1n) is 6.10. The van der Waals surface area contributed by atoms with Crippen molar-refractivity contribution in [3.63, 3.8) is 0 Å². The van der Waals surface area contributed by atoms with Gasteiger partial charge in [0.15, 0.2) is 0 Å². The van der Waals surface area contributed by atoms with Gasteiger partial charge in [-0.1, -0.05) is 54.4 Å². The van der Waals surface area contributed by atoms with Crippen molar-refractivity contribution in [2.24, 2.45) is 11.8 Å². The highest BCUT2D eigenvalue weighted by Gasteiger charge is 2.12. The molecule has 1 rings (SSSR count). The SMILES string of the molecule is CC(NCC(C)C(C)C)c1ccc(Br)cc1Cl. The smallest absolute Gasteiger partial charge is 0.0464 e. The molecular weight excluding hydrogens is 298 g/mol. The van der Waals surface area contributed by atoms with Crippen LogP contribution in [0.4, 0.5) is 0 Å². The van der Waals surface area contributed by atoms with E-state index in [0.717, 1.165) is 21.6 Å². The maximum atomic E-state index is 6.23. The number of halogens is 2. The van der Waals surface area contributed by atoms with E-state index in [1.807, 2.05) is 12.1 Å². The van der Waals surface area contributed by atoms with Gasteiger partial charge in [0, 0.05) is 15.5 Å². The molecule has 1 N–H and O–H groups in total. The highest BCUT2D eigenvalue weighted by Crippen LogP contribution is 2.26. The molecule has 0 heterocycles. The second kappa shape index (κ2) is 6.77. The molecule has 0 aliphatic rings. The van der Waals surface area contributed by atoms with E-state index in [1.54, 1.807) is 0 Å². The minimum atomic E-state index is 0.289. The summed E-state index contributed by atoms with van der Waals surface area (Å²) in [6.07, 6.45) is 0. The second-order valence-corrected chi connectivity index (χ2v) is 6.34. The molecule has 17 heavy (non-hydrogen) atoms. The molecule has 0 aromatic heterocycles. The van der Waals surface area contributed by atoms with E-state index < -0.39 is 0 Å². The maximum Gasteiger partial charge on any atom is 0.0464 e. The molecule has 0 aliphatic heterocycles. The Morgan fingerprint density at radius 2 is 1.88 bits per heavy atom. The summed E-state index contributed by atoms with van der Waals surface area (Å²) in [5.74, 6) is 1.38. The largest absolute Gasteiger partial charge is 0.310 e. The minimum absolute atomic E-state index is 0.289. The van der Waals surface area contributed by atoms with Crippen LogP contribution in [0.5, 0.6) is 0 Å². The van der Waals surface area contributed by atoms with E-state index in [0.29, 0.717) is 11.8 Å². The van der Waals surface area contributed by atoms with Crippen molar-refractivity contribution >= 4 is 27.5 Å². The molecule has 96 valence electrons. The molecular formula is C14H21BrClN. The van der Waals surface area contributed by atoms with Gasteiger partial charge in [-0.3, -0.25) is 0 Å². The number of hydrogen-bond acceptors (Lipinski definition) is 1. The molecule has 0 aliphatic carbocycles. The average Bonchev–Trinajstić information content (AvgIpc) is 2.25. The zero-order valence-corrected chi connectivity index (χ0v) is 13.3. The molecule has 3 heteroatoms. The van der Waals surface area contributed by atoms with Crippen LogP contribution in [0.3, 0.4) is 0 Å². The van der Waals surface area contributed by atoms with Crippen LogP contribution in [-0.2, 0) is 0 Å². The van der Waals surface area contributed by atoms with E-state index in [9.17, 15) is 0 Å². The zero-order valence-electron chi connectivity index (χ0n) is 10.9.